The summed E-state index contributed by atoms with van der Waals surface area (Å²) in [5.74, 6) is 0.703. The molecule has 8 heteroatoms. The van der Waals surface area contributed by atoms with E-state index in [0.717, 1.165) is 42.1 Å². The number of aliphatic imine (C=N–C) groups is 1. The quantitative estimate of drug-likeness (QED) is 0.374. The van der Waals surface area contributed by atoms with Gasteiger partial charge in [0.2, 0.25) is 10.0 Å². The van der Waals surface area contributed by atoms with Gasteiger partial charge in [-0.3, -0.25) is 4.99 Å². The van der Waals surface area contributed by atoms with Crippen LogP contribution in [0.1, 0.15) is 36.0 Å². The molecule has 0 saturated heterocycles. The van der Waals surface area contributed by atoms with Crippen molar-refractivity contribution in [3.63, 3.8) is 0 Å². The molecule has 1 N–H and O–H groups in total. The van der Waals surface area contributed by atoms with Crippen LogP contribution in [0.2, 0.25) is 10.0 Å². The van der Waals surface area contributed by atoms with Crippen molar-refractivity contribution >= 4 is 38.9 Å². The third-order valence-corrected chi connectivity index (χ3v) is 8.81. The zero-order chi connectivity index (χ0) is 24.5. The van der Waals surface area contributed by atoms with Gasteiger partial charge < -0.3 is 4.74 Å². The molecule has 182 valence electrons. The van der Waals surface area contributed by atoms with E-state index in [-0.39, 0.29) is 23.5 Å². The van der Waals surface area contributed by atoms with Crippen molar-refractivity contribution in [1.29, 1.82) is 0 Å². The summed E-state index contributed by atoms with van der Waals surface area (Å²) >= 11 is 12.0. The predicted molar refractivity (Wildman–Crippen MR) is 141 cm³/mol. The minimum atomic E-state index is -3.62. The second kappa shape index (κ2) is 9.94. The van der Waals surface area contributed by atoms with E-state index in [9.17, 15) is 8.42 Å². The molecule has 0 spiro atoms. The summed E-state index contributed by atoms with van der Waals surface area (Å²) in [4.78, 5) is 5.17. The number of nitrogens with zero attached hydrogens (tertiary/aromatic N) is 1. The Labute approximate surface area is 216 Å². The summed E-state index contributed by atoms with van der Waals surface area (Å²) in [5, 5.41) is 1.22. The lowest BCUT2D eigenvalue weighted by Crippen LogP contribution is -2.44. The highest BCUT2D eigenvalue weighted by molar-refractivity contribution is 7.89. The minimum absolute atomic E-state index is 0.0907. The van der Waals surface area contributed by atoms with E-state index in [4.69, 9.17) is 32.9 Å². The smallest absolute Gasteiger partial charge is 0.240 e. The van der Waals surface area contributed by atoms with Gasteiger partial charge in [-0.2, -0.15) is 0 Å². The maximum absolute atomic E-state index is 12.5. The average molecular weight is 529 g/mol. The maximum Gasteiger partial charge on any atom is 0.240 e. The zero-order valence-corrected chi connectivity index (χ0v) is 21.5. The molecule has 5 nitrogen and oxygen atoms in total. The molecule has 0 unspecified atom stereocenters. The van der Waals surface area contributed by atoms with Crippen LogP contribution in [0, 0.1) is 0 Å². The molecule has 1 aliphatic heterocycles. The Kier molecular flexibility index (Phi) is 6.91. The lowest BCUT2D eigenvalue weighted by atomic mass is 9.59. The van der Waals surface area contributed by atoms with E-state index in [0.29, 0.717) is 10.8 Å². The Morgan fingerprint density at radius 2 is 1.63 bits per heavy atom. The molecule has 0 radical (unpaired) electrons. The molecule has 0 aromatic heterocycles. The van der Waals surface area contributed by atoms with Gasteiger partial charge in [0.25, 0.3) is 0 Å². The molecule has 0 atom stereocenters. The number of benzene rings is 3. The van der Waals surface area contributed by atoms with Gasteiger partial charge in [-0.15, -0.1) is 0 Å². The highest BCUT2D eigenvalue weighted by Gasteiger charge is 2.45. The number of hydrogen-bond donors (Lipinski definition) is 1. The number of ether oxygens (including phenoxy) is 1. The number of hydrogen-bond acceptors (Lipinski definition) is 4. The first kappa shape index (κ1) is 24.3. The number of halogens is 2. The van der Waals surface area contributed by atoms with E-state index in [1.54, 1.807) is 12.1 Å². The van der Waals surface area contributed by atoms with Crippen molar-refractivity contribution < 1.29 is 13.2 Å². The summed E-state index contributed by atoms with van der Waals surface area (Å²) in [6, 6.07) is 20.3. The number of sulfonamides is 1. The van der Waals surface area contributed by atoms with E-state index < -0.39 is 10.0 Å². The van der Waals surface area contributed by atoms with Crippen LogP contribution in [0.3, 0.4) is 0 Å². The molecule has 35 heavy (non-hydrogen) atoms. The first-order chi connectivity index (χ1) is 16.9. The molecule has 3 aromatic carbocycles. The Morgan fingerprint density at radius 1 is 0.943 bits per heavy atom. The SMILES string of the molecule is O=S(=O)(NCCOc1ccc2c(c1)C(C1(c3ccc(Cl)cc3)CCC1)=NCC2)c1ccc(Cl)cc1. The van der Waals surface area contributed by atoms with Crippen LogP contribution in [0.5, 0.6) is 5.75 Å². The lowest BCUT2D eigenvalue weighted by Gasteiger charge is -2.45. The number of nitrogens with one attached hydrogen (secondary N) is 1. The molecule has 0 amide bonds. The lowest BCUT2D eigenvalue weighted by molar-refractivity contribution is 0.322. The monoisotopic (exact) mass is 528 g/mol. The molecule has 1 saturated carbocycles. The summed E-state index contributed by atoms with van der Waals surface area (Å²) in [5.41, 5.74) is 4.69. The van der Waals surface area contributed by atoms with Crippen LogP contribution in [0.25, 0.3) is 0 Å². The Hall–Kier alpha value is -2.38. The third kappa shape index (κ3) is 4.98. The van der Waals surface area contributed by atoms with Crippen LogP contribution >= 0.6 is 23.2 Å². The van der Waals surface area contributed by atoms with Crippen molar-refractivity contribution in [3.8, 4) is 5.75 Å². The van der Waals surface area contributed by atoms with E-state index >= 15 is 0 Å². The van der Waals surface area contributed by atoms with Gasteiger partial charge in [0.05, 0.1) is 10.6 Å². The van der Waals surface area contributed by atoms with Gasteiger partial charge in [-0.05, 0) is 78.9 Å². The fourth-order valence-electron chi connectivity index (χ4n) is 4.87. The normalized spacial score (nSPS) is 16.7. The second-order valence-electron chi connectivity index (χ2n) is 8.94. The number of fused-ring (bicyclic) bond motifs is 1. The van der Waals surface area contributed by atoms with Crippen molar-refractivity contribution in [3.05, 3.63) is 93.5 Å². The fourth-order valence-corrected chi connectivity index (χ4v) is 6.13. The van der Waals surface area contributed by atoms with Crippen LogP contribution in [0.15, 0.2) is 76.6 Å². The van der Waals surface area contributed by atoms with Crippen molar-refractivity contribution in [2.75, 3.05) is 19.7 Å². The van der Waals surface area contributed by atoms with Crippen LogP contribution in [0.4, 0.5) is 0 Å². The molecule has 1 heterocycles. The molecule has 1 fully saturated rings. The second-order valence-corrected chi connectivity index (χ2v) is 11.6. The highest BCUT2D eigenvalue weighted by atomic mass is 35.5. The van der Waals surface area contributed by atoms with Crippen molar-refractivity contribution in [2.24, 2.45) is 4.99 Å². The molecule has 5 rings (SSSR count). The molecular formula is C27H26Cl2N2O3S. The molecule has 1 aliphatic carbocycles. The number of rotatable bonds is 8. The van der Waals surface area contributed by atoms with Crippen molar-refractivity contribution in [1.82, 2.24) is 4.72 Å². The molecule has 3 aromatic rings. The first-order valence-corrected chi connectivity index (χ1v) is 13.9. The Morgan fingerprint density at radius 3 is 2.29 bits per heavy atom. The third-order valence-electron chi connectivity index (χ3n) is 6.83. The minimum Gasteiger partial charge on any atom is -0.492 e. The average Bonchev–Trinajstić information content (AvgIpc) is 2.83. The largest absolute Gasteiger partial charge is 0.492 e. The van der Waals surface area contributed by atoms with Gasteiger partial charge in [0, 0.05) is 34.1 Å². The Bertz CT molecular complexity index is 1350. The molecular weight excluding hydrogens is 503 g/mol. The van der Waals surface area contributed by atoms with Gasteiger partial charge in [-0.25, -0.2) is 13.1 Å². The van der Waals surface area contributed by atoms with Gasteiger partial charge >= 0.3 is 0 Å². The van der Waals surface area contributed by atoms with Crippen molar-refractivity contribution in [2.45, 2.75) is 36.0 Å². The molecule has 2 aliphatic rings. The first-order valence-electron chi connectivity index (χ1n) is 11.7. The predicted octanol–water partition coefficient (Wildman–Crippen LogP) is 5.82. The van der Waals surface area contributed by atoms with Gasteiger partial charge in [0.1, 0.15) is 12.4 Å². The standard InChI is InChI=1S/C27H26Cl2N2O3S/c28-21-5-3-20(4-6-21)27(13-1-14-27)26-25-18-23(9-2-19(25)12-15-30-26)34-17-16-31-35(32,33)24-10-7-22(29)8-11-24/h2-11,18,31H,1,12-17H2. The summed E-state index contributed by atoms with van der Waals surface area (Å²) in [7, 11) is -3.62. The van der Waals surface area contributed by atoms with Gasteiger partial charge in [0.15, 0.2) is 0 Å². The van der Waals surface area contributed by atoms with E-state index in [2.05, 4.69) is 29.0 Å². The summed E-state index contributed by atoms with van der Waals surface area (Å²) in [6.45, 7) is 1.14. The summed E-state index contributed by atoms with van der Waals surface area (Å²) in [6.07, 6.45) is 4.19. The topological polar surface area (TPSA) is 67.8 Å². The van der Waals surface area contributed by atoms with Crippen LogP contribution in [-0.4, -0.2) is 33.8 Å². The van der Waals surface area contributed by atoms with Crippen LogP contribution in [-0.2, 0) is 21.9 Å². The van der Waals surface area contributed by atoms with Crippen LogP contribution < -0.4 is 9.46 Å². The highest BCUT2D eigenvalue weighted by Crippen LogP contribution is 2.48. The van der Waals surface area contributed by atoms with E-state index in [1.165, 1.54) is 29.7 Å². The zero-order valence-electron chi connectivity index (χ0n) is 19.1. The summed E-state index contributed by atoms with van der Waals surface area (Å²) < 4.78 is 33.4. The van der Waals surface area contributed by atoms with E-state index in [1.807, 2.05) is 18.2 Å². The van der Waals surface area contributed by atoms with Gasteiger partial charge in [-0.1, -0.05) is 47.8 Å². The Balaban J connectivity index is 1.30. The maximum atomic E-state index is 12.5. The molecule has 0 bridgehead atoms. The fraction of sp³-hybridized carbons (Fsp3) is 0.296.